The molecule has 0 aliphatic heterocycles. The molecule has 2 aromatic carbocycles. The van der Waals surface area contributed by atoms with Crippen molar-refractivity contribution >= 4 is 21.6 Å². The Morgan fingerprint density at radius 1 is 1.17 bits per heavy atom. The van der Waals surface area contributed by atoms with Crippen LogP contribution in [0.25, 0.3) is 0 Å². The molecule has 11 heteroatoms. The first-order valence-corrected chi connectivity index (χ1v) is 10.6. The highest BCUT2D eigenvalue weighted by Gasteiger charge is 2.40. The lowest BCUT2D eigenvalue weighted by Gasteiger charge is -2.22. The van der Waals surface area contributed by atoms with Crippen molar-refractivity contribution in [3.63, 3.8) is 0 Å². The predicted molar refractivity (Wildman–Crippen MR) is 104 cm³/mol. The van der Waals surface area contributed by atoms with E-state index in [2.05, 4.69) is 4.72 Å². The number of alkyl halides is 3. The molecule has 3 N–H and O–H groups in total. The first kappa shape index (κ1) is 23.5. The number of sulfonamides is 1. The van der Waals surface area contributed by atoms with Crippen molar-refractivity contribution in [3.05, 3.63) is 59.7 Å². The van der Waals surface area contributed by atoms with Gasteiger partial charge >= 0.3 is 12.1 Å². The second-order valence-electron chi connectivity index (χ2n) is 6.61. The number of amides is 1. The Hall–Kier alpha value is -2.79. The van der Waals surface area contributed by atoms with Crippen molar-refractivity contribution in [2.75, 3.05) is 11.0 Å². The van der Waals surface area contributed by atoms with Crippen LogP contribution < -0.4 is 14.8 Å². The zero-order valence-electron chi connectivity index (χ0n) is 16.1. The fourth-order valence-corrected chi connectivity index (χ4v) is 3.09. The van der Waals surface area contributed by atoms with Crippen LogP contribution in [0.3, 0.4) is 0 Å². The van der Waals surface area contributed by atoms with Crippen molar-refractivity contribution in [3.8, 4) is 5.75 Å². The summed E-state index contributed by atoms with van der Waals surface area (Å²) in [5.41, 5.74) is 0.915. The number of carbonyl (C=O) groups is 1. The predicted octanol–water partition coefficient (Wildman–Crippen LogP) is 2.74. The Bertz CT molecular complexity index is 981. The third-order valence-electron chi connectivity index (χ3n) is 3.97. The van der Waals surface area contributed by atoms with Gasteiger partial charge in [0.15, 0.2) is 0 Å². The number of anilines is 1. The summed E-state index contributed by atoms with van der Waals surface area (Å²) in [7, 11) is -3.71. The summed E-state index contributed by atoms with van der Waals surface area (Å²) in [5.74, 6) is -2.03. The number of benzene rings is 2. The molecule has 0 radical (unpaired) electrons. The fraction of sp³-hybridized carbons (Fsp3) is 0.316. The highest BCUT2D eigenvalue weighted by Crippen LogP contribution is 2.31. The monoisotopic (exact) mass is 446 g/mol. The molecule has 0 aromatic heterocycles. The van der Waals surface area contributed by atoms with Crippen LogP contribution in [0.2, 0.25) is 0 Å². The van der Waals surface area contributed by atoms with E-state index >= 15 is 0 Å². The molecule has 2 rings (SSSR count). The van der Waals surface area contributed by atoms with Crippen LogP contribution >= 0.6 is 0 Å². The van der Waals surface area contributed by atoms with Gasteiger partial charge in [0.1, 0.15) is 12.4 Å². The molecule has 0 spiro atoms. The number of ether oxygens (including phenoxy) is 1. The van der Waals surface area contributed by atoms with Crippen LogP contribution in [0, 0.1) is 0 Å². The summed E-state index contributed by atoms with van der Waals surface area (Å²) in [6.45, 7) is 1.33. The van der Waals surface area contributed by atoms with E-state index in [-0.39, 0.29) is 23.6 Å². The maximum atomic E-state index is 12.4. The van der Waals surface area contributed by atoms with Gasteiger partial charge in [-0.3, -0.25) is 9.52 Å². The van der Waals surface area contributed by atoms with E-state index in [4.69, 9.17) is 4.74 Å². The molecule has 2 unspecified atom stereocenters. The number of carbonyl (C=O) groups excluding carboxylic acids is 1. The lowest BCUT2D eigenvalue weighted by Crippen LogP contribution is -2.44. The Morgan fingerprint density at radius 2 is 1.80 bits per heavy atom. The first-order valence-electron chi connectivity index (χ1n) is 8.71. The van der Waals surface area contributed by atoms with Gasteiger partial charge < -0.3 is 15.2 Å². The maximum Gasteiger partial charge on any atom is 0.471 e. The molecule has 7 nitrogen and oxygen atoms in total. The zero-order valence-corrected chi connectivity index (χ0v) is 16.9. The van der Waals surface area contributed by atoms with Gasteiger partial charge in [0.25, 0.3) is 0 Å². The maximum absolute atomic E-state index is 12.4. The number of hydrogen-bond acceptors (Lipinski definition) is 5. The van der Waals surface area contributed by atoms with E-state index in [0.717, 1.165) is 11.8 Å². The van der Waals surface area contributed by atoms with Crippen molar-refractivity contribution in [2.45, 2.75) is 31.9 Å². The number of rotatable bonds is 8. The zero-order chi connectivity index (χ0) is 22.5. The number of nitrogens with one attached hydrogen (secondary N) is 2. The normalized spacial score (nSPS) is 13.9. The summed E-state index contributed by atoms with van der Waals surface area (Å²) in [4.78, 5) is 11.1. The van der Waals surface area contributed by atoms with E-state index in [9.17, 15) is 31.5 Å². The van der Waals surface area contributed by atoms with Gasteiger partial charge in [0.05, 0.1) is 24.1 Å². The molecule has 0 aliphatic carbocycles. The van der Waals surface area contributed by atoms with E-state index in [1.54, 1.807) is 5.32 Å². The van der Waals surface area contributed by atoms with Crippen LogP contribution in [0.5, 0.6) is 5.75 Å². The lowest BCUT2D eigenvalue weighted by atomic mass is 10.0. The molecule has 0 saturated carbocycles. The van der Waals surface area contributed by atoms with Crippen molar-refractivity contribution in [2.24, 2.45) is 0 Å². The van der Waals surface area contributed by atoms with Gasteiger partial charge in [0.2, 0.25) is 10.0 Å². The SMILES string of the molecule is CC(NC(=O)C(F)(F)F)C(O)c1ccc(OCc2ccccc2)c(NS(C)(=O)=O)c1. The summed E-state index contributed by atoms with van der Waals surface area (Å²) in [6, 6.07) is 11.8. The van der Waals surface area contributed by atoms with Crippen LogP contribution in [-0.2, 0) is 21.4 Å². The standard InChI is InChI=1S/C19H21F3N2O5S/c1-12(23-18(26)19(20,21)22)17(25)14-8-9-16(15(10-14)24-30(2,27)28)29-11-13-6-4-3-5-7-13/h3-10,12,17,24-25H,11H2,1-2H3,(H,23,26). The van der Waals surface area contributed by atoms with E-state index < -0.39 is 34.3 Å². The summed E-state index contributed by atoms with van der Waals surface area (Å²) < 4.78 is 68.5. The number of hydrogen-bond donors (Lipinski definition) is 3. The molecule has 0 heterocycles. The second kappa shape index (κ2) is 9.35. The number of aliphatic hydroxyl groups excluding tert-OH is 1. The van der Waals surface area contributed by atoms with E-state index in [1.807, 2.05) is 30.3 Å². The Kier molecular flexibility index (Phi) is 7.32. The molecule has 2 aromatic rings. The number of aliphatic hydroxyl groups is 1. The van der Waals surface area contributed by atoms with E-state index in [1.165, 1.54) is 25.1 Å². The molecule has 0 bridgehead atoms. The van der Waals surface area contributed by atoms with Gasteiger partial charge in [-0.2, -0.15) is 13.2 Å². The topological polar surface area (TPSA) is 105 Å². The minimum Gasteiger partial charge on any atom is -0.487 e. The molecule has 0 saturated heterocycles. The summed E-state index contributed by atoms with van der Waals surface area (Å²) >= 11 is 0. The van der Waals surface area contributed by atoms with Gasteiger partial charge in [0, 0.05) is 0 Å². The smallest absolute Gasteiger partial charge is 0.471 e. The molecule has 0 aliphatic rings. The van der Waals surface area contributed by atoms with Crippen molar-refractivity contribution < 1.29 is 36.2 Å². The number of halogens is 3. The Balaban J connectivity index is 2.24. The molecule has 0 fully saturated rings. The molecule has 164 valence electrons. The largest absolute Gasteiger partial charge is 0.487 e. The second-order valence-corrected chi connectivity index (χ2v) is 8.36. The Labute approximate surface area is 171 Å². The molecular weight excluding hydrogens is 425 g/mol. The summed E-state index contributed by atoms with van der Waals surface area (Å²) in [6.07, 6.45) is -5.70. The minimum atomic E-state index is -5.09. The van der Waals surface area contributed by atoms with Crippen LogP contribution in [0.15, 0.2) is 48.5 Å². The highest BCUT2D eigenvalue weighted by molar-refractivity contribution is 7.92. The first-order chi connectivity index (χ1) is 13.9. The summed E-state index contributed by atoms with van der Waals surface area (Å²) in [5, 5.41) is 12.0. The van der Waals surface area contributed by atoms with Gasteiger partial charge in [-0.25, -0.2) is 8.42 Å². The van der Waals surface area contributed by atoms with E-state index in [0.29, 0.717) is 0 Å². The third kappa shape index (κ3) is 6.92. The minimum absolute atomic E-state index is 0.000621. The van der Waals surface area contributed by atoms with Crippen LogP contribution in [0.1, 0.15) is 24.2 Å². The van der Waals surface area contributed by atoms with Gasteiger partial charge in [-0.1, -0.05) is 36.4 Å². The molecular formula is C19H21F3N2O5S. The van der Waals surface area contributed by atoms with Gasteiger partial charge in [-0.05, 0) is 30.2 Å². The Morgan fingerprint density at radius 3 is 2.37 bits per heavy atom. The quantitative estimate of drug-likeness (QED) is 0.579. The molecule has 30 heavy (non-hydrogen) atoms. The van der Waals surface area contributed by atoms with Crippen LogP contribution in [0.4, 0.5) is 18.9 Å². The average Bonchev–Trinajstić information content (AvgIpc) is 2.65. The lowest BCUT2D eigenvalue weighted by molar-refractivity contribution is -0.175. The highest BCUT2D eigenvalue weighted by atomic mass is 32.2. The molecule has 1 amide bonds. The molecule has 2 atom stereocenters. The fourth-order valence-electron chi connectivity index (χ4n) is 2.53. The average molecular weight is 446 g/mol. The van der Waals surface area contributed by atoms with Crippen LogP contribution in [-0.4, -0.2) is 37.9 Å². The van der Waals surface area contributed by atoms with Gasteiger partial charge in [-0.15, -0.1) is 0 Å². The van der Waals surface area contributed by atoms with Crippen molar-refractivity contribution in [1.29, 1.82) is 0 Å². The van der Waals surface area contributed by atoms with Crippen molar-refractivity contribution in [1.82, 2.24) is 5.32 Å². The third-order valence-corrected chi connectivity index (χ3v) is 4.56.